The van der Waals surface area contributed by atoms with Crippen LogP contribution in [0.25, 0.3) is 11.4 Å². The average molecular weight is 342 g/mol. The maximum atomic E-state index is 13.4. The average Bonchev–Trinajstić information content (AvgIpc) is 2.44. The number of rotatable bonds is 3. The second-order valence-electron chi connectivity index (χ2n) is 4.71. The number of carboxylic acid groups (broad SMARTS) is 1. The molecule has 0 amide bonds. The summed E-state index contributed by atoms with van der Waals surface area (Å²) in [7, 11) is -2.71. The molecule has 0 radical (unpaired) electrons. The largest absolute Gasteiger partial charge is 0.501 e. The normalized spacial score (nSPS) is 11.4. The third kappa shape index (κ3) is 2.93. The molecule has 10 heteroatoms. The van der Waals surface area contributed by atoms with Crippen molar-refractivity contribution in [2.24, 2.45) is 7.05 Å². The van der Waals surface area contributed by atoms with Crippen molar-refractivity contribution in [3.63, 3.8) is 0 Å². The smallest absolute Gasteiger partial charge is 0.358 e. The molecule has 8 nitrogen and oxygen atoms in total. The lowest BCUT2D eigenvalue weighted by Gasteiger charge is -2.12. The van der Waals surface area contributed by atoms with E-state index >= 15 is 0 Å². The Hall–Kier alpha value is -2.75. The summed E-state index contributed by atoms with van der Waals surface area (Å²) in [5.41, 5.74) is -2.15. The predicted molar refractivity (Wildman–Crippen MR) is 76.6 cm³/mol. The van der Waals surface area contributed by atoms with Crippen LogP contribution in [0, 0.1) is 5.82 Å². The molecule has 0 spiro atoms. The van der Waals surface area contributed by atoms with Gasteiger partial charge in [0.25, 0.3) is 5.56 Å². The van der Waals surface area contributed by atoms with E-state index in [0.29, 0.717) is 0 Å². The number of hydrogen-bond donors (Lipinski definition) is 2. The minimum absolute atomic E-state index is 0.156. The minimum atomic E-state index is -3.88. The first kappa shape index (κ1) is 16.6. The summed E-state index contributed by atoms with van der Waals surface area (Å²) in [6, 6.07) is 2.75. The number of carbonyl (C=O) groups is 1. The van der Waals surface area contributed by atoms with Gasteiger partial charge in [-0.3, -0.25) is 9.36 Å². The van der Waals surface area contributed by atoms with Crippen molar-refractivity contribution in [2.45, 2.75) is 4.90 Å². The summed E-state index contributed by atoms with van der Waals surface area (Å²) in [5.74, 6) is -3.89. The van der Waals surface area contributed by atoms with Crippen LogP contribution in [0.5, 0.6) is 5.75 Å². The third-order valence-electron chi connectivity index (χ3n) is 3.05. The van der Waals surface area contributed by atoms with Gasteiger partial charge in [0.15, 0.2) is 15.5 Å². The van der Waals surface area contributed by atoms with Gasteiger partial charge in [0.05, 0.1) is 4.90 Å². The highest BCUT2D eigenvalue weighted by molar-refractivity contribution is 7.90. The van der Waals surface area contributed by atoms with Gasteiger partial charge in [-0.05, 0) is 18.2 Å². The number of nitrogens with zero attached hydrogens (tertiary/aromatic N) is 2. The molecule has 0 aliphatic carbocycles. The molecule has 23 heavy (non-hydrogen) atoms. The zero-order valence-electron chi connectivity index (χ0n) is 11.9. The van der Waals surface area contributed by atoms with E-state index < -0.39 is 43.5 Å². The van der Waals surface area contributed by atoms with Gasteiger partial charge in [0.1, 0.15) is 11.6 Å². The Labute approximate surface area is 129 Å². The van der Waals surface area contributed by atoms with Crippen molar-refractivity contribution in [1.29, 1.82) is 0 Å². The number of hydrogen-bond acceptors (Lipinski definition) is 6. The molecule has 1 aromatic heterocycles. The van der Waals surface area contributed by atoms with E-state index in [2.05, 4.69) is 4.98 Å². The zero-order chi connectivity index (χ0) is 17.5. The fourth-order valence-electron chi connectivity index (χ4n) is 1.97. The quantitative estimate of drug-likeness (QED) is 0.826. The Bertz CT molecular complexity index is 981. The summed E-state index contributed by atoms with van der Waals surface area (Å²) in [6.45, 7) is 0. The van der Waals surface area contributed by atoms with Gasteiger partial charge >= 0.3 is 5.97 Å². The van der Waals surface area contributed by atoms with E-state index in [4.69, 9.17) is 5.11 Å². The maximum absolute atomic E-state index is 13.4. The molecule has 0 saturated heterocycles. The van der Waals surface area contributed by atoms with E-state index in [9.17, 15) is 27.5 Å². The first-order chi connectivity index (χ1) is 10.5. The second kappa shape index (κ2) is 5.47. The predicted octanol–water partition coefficient (Wildman–Crippen LogP) is 0.394. The second-order valence-corrected chi connectivity index (χ2v) is 6.70. The van der Waals surface area contributed by atoms with Crippen LogP contribution in [0.15, 0.2) is 27.9 Å². The summed E-state index contributed by atoms with van der Waals surface area (Å²) in [4.78, 5) is 26.1. The number of benzene rings is 1. The number of aromatic nitrogens is 2. The molecule has 0 fully saturated rings. The van der Waals surface area contributed by atoms with Crippen LogP contribution in [-0.4, -0.2) is 40.4 Å². The van der Waals surface area contributed by atoms with Crippen molar-refractivity contribution < 1.29 is 27.8 Å². The highest BCUT2D eigenvalue weighted by Gasteiger charge is 2.24. The van der Waals surface area contributed by atoms with Crippen LogP contribution >= 0.6 is 0 Å². The van der Waals surface area contributed by atoms with Gasteiger partial charge in [0, 0.05) is 18.9 Å². The van der Waals surface area contributed by atoms with Gasteiger partial charge < -0.3 is 10.2 Å². The van der Waals surface area contributed by atoms with Crippen LogP contribution in [-0.2, 0) is 16.9 Å². The molecule has 0 unspecified atom stereocenters. The Morgan fingerprint density at radius 1 is 1.35 bits per heavy atom. The molecule has 1 aromatic carbocycles. The number of aromatic hydroxyl groups is 1. The Morgan fingerprint density at radius 2 is 1.96 bits per heavy atom. The van der Waals surface area contributed by atoms with E-state index in [1.54, 1.807) is 0 Å². The fourth-order valence-corrected chi connectivity index (χ4v) is 2.85. The highest BCUT2D eigenvalue weighted by Crippen LogP contribution is 2.27. The molecule has 0 aliphatic heterocycles. The molecule has 0 bridgehead atoms. The molecular weight excluding hydrogens is 331 g/mol. The molecule has 1 heterocycles. The molecule has 2 rings (SSSR count). The molecule has 0 aliphatic rings. The zero-order valence-corrected chi connectivity index (χ0v) is 12.8. The van der Waals surface area contributed by atoms with Gasteiger partial charge in [-0.15, -0.1) is 0 Å². The lowest BCUT2D eigenvalue weighted by Crippen LogP contribution is -2.23. The van der Waals surface area contributed by atoms with E-state index in [1.165, 1.54) is 7.05 Å². The first-order valence-electron chi connectivity index (χ1n) is 6.07. The standard InChI is InChI=1S/C13H11FN2O6S/c1-16-11(15-9(13(19)20)10(17)12(16)18)7-4-3-6(14)5-8(7)23(2,21)22/h3-5,17H,1-2H3,(H,19,20). The monoisotopic (exact) mass is 342 g/mol. The SMILES string of the molecule is Cn1c(-c2ccc(F)cc2S(C)(=O)=O)nc(C(=O)O)c(O)c1=O. The van der Waals surface area contributed by atoms with Crippen molar-refractivity contribution >= 4 is 15.8 Å². The Balaban J connectivity index is 2.94. The number of sulfone groups is 1. The summed E-state index contributed by atoms with van der Waals surface area (Å²) in [5, 5.41) is 18.5. The van der Waals surface area contributed by atoms with Crippen molar-refractivity contribution in [1.82, 2.24) is 9.55 Å². The van der Waals surface area contributed by atoms with Crippen LogP contribution < -0.4 is 5.56 Å². The van der Waals surface area contributed by atoms with Crippen LogP contribution in [0.3, 0.4) is 0 Å². The highest BCUT2D eigenvalue weighted by atomic mass is 32.2. The molecular formula is C13H11FN2O6S. The van der Waals surface area contributed by atoms with E-state index in [0.717, 1.165) is 29.0 Å². The summed E-state index contributed by atoms with van der Waals surface area (Å²) >= 11 is 0. The third-order valence-corrected chi connectivity index (χ3v) is 4.19. The van der Waals surface area contributed by atoms with Crippen LogP contribution in [0.1, 0.15) is 10.5 Å². The van der Waals surface area contributed by atoms with Crippen molar-refractivity contribution in [3.05, 3.63) is 40.1 Å². The van der Waals surface area contributed by atoms with E-state index in [-0.39, 0.29) is 11.4 Å². The number of carboxylic acids is 1. The van der Waals surface area contributed by atoms with E-state index in [1.807, 2.05) is 0 Å². The Morgan fingerprint density at radius 3 is 2.48 bits per heavy atom. The van der Waals surface area contributed by atoms with Gasteiger partial charge in [-0.2, -0.15) is 0 Å². The number of aromatic carboxylic acids is 1. The number of halogens is 1. The summed E-state index contributed by atoms with van der Waals surface area (Å²) in [6.07, 6.45) is 0.835. The minimum Gasteiger partial charge on any atom is -0.501 e. The van der Waals surface area contributed by atoms with Gasteiger partial charge in [-0.25, -0.2) is 22.6 Å². The lowest BCUT2D eigenvalue weighted by molar-refractivity contribution is 0.0686. The molecule has 2 N–H and O–H groups in total. The lowest BCUT2D eigenvalue weighted by atomic mass is 10.2. The molecule has 2 aromatic rings. The summed E-state index contributed by atoms with van der Waals surface area (Å²) < 4.78 is 37.8. The van der Waals surface area contributed by atoms with Crippen molar-refractivity contribution in [2.75, 3.05) is 6.26 Å². The van der Waals surface area contributed by atoms with Gasteiger partial charge in [0.2, 0.25) is 5.75 Å². The van der Waals surface area contributed by atoms with Crippen molar-refractivity contribution in [3.8, 4) is 17.1 Å². The molecule has 0 atom stereocenters. The van der Waals surface area contributed by atoms with Crippen LogP contribution in [0.4, 0.5) is 4.39 Å². The molecule has 0 saturated carbocycles. The van der Waals surface area contributed by atoms with Crippen LogP contribution in [0.2, 0.25) is 0 Å². The Kier molecular flexibility index (Phi) is 3.95. The topological polar surface area (TPSA) is 127 Å². The molecule has 122 valence electrons. The fraction of sp³-hybridized carbons (Fsp3) is 0.154. The first-order valence-corrected chi connectivity index (χ1v) is 7.96. The van der Waals surface area contributed by atoms with Gasteiger partial charge in [-0.1, -0.05) is 0 Å². The maximum Gasteiger partial charge on any atom is 0.358 e.